The molecule has 1 aromatic rings. The third kappa shape index (κ3) is 3.17. The summed E-state index contributed by atoms with van der Waals surface area (Å²) < 4.78 is 1.89. The van der Waals surface area contributed by atoms with Gasteiger partial charge in [-0.15, -0.1) is 10.2 Å². The molecule has 3 unspecified atom stereocenters. The highest BCUT2D eigenvalue weighted by Gasteiger charge is 2.60. The topological polar surface area (TPSA) is 59.8 Å². The molecule has 1 fully saturated rings. The van der Waals surface area contributed by atoms with E-state index >= 15 is 0 Å². The van der Waals surface area contributed by atoms with Crippen molar-refractivity contribution in [1.29, 1.82) is 0 Å². The molecular weight excluding hydrogens is 264 g/mol. The van der Waals surface area contributed by atoms with E-state index in [1.807, 2.05) is 11.6 Å². The summed E-state index contributed by atoms with van der Waals surface area (Å²) in [7, 11) is 1.92. The van der Waals surface area contributed by atoms with Gasteiger partial charge in [0.15, 0.2) is 0 Å². The fourth-order valence-corrected chi connectivity index (χ4v) is 3.04. The number of carbonyl (C=O) groups excluding carboxylic acids is 1. The van der Waals surface area contributed by atoms with Crippen LogP contribution < -0.4 is 5.32 Å². The van der Waals surface area contributed by atoms with Gasteiger partial charge in [0.1, 0.15) is 12.2 Å². The Morgan fingerprint density at radius 1 is 1.52 bits per heavy atom. The zero-order valence-electron chi connectivity index (χ0n) is 13.8. The van der Waals surface area contributed by atoms with Crippen molar-refractivity contribution in [3.63, 3.8) is 0 Å². The second-order valence-electron chi connectivity index (χ2n) is 7.02. The number of hydrogen-bond donors (Lipinski definition) is 1. The quantitative estimate of drug-likeness (QED) is 0.846. The van der Waals surface area contributed by atoms with E-state index in [0.29, 0.717) is 12.5 Å². The molecule has 0 radical (unpaired) electrons. The molecule has 1 amide bonds. The molecule has 3 atom stereocenters. The first kappa shape index (κ1) is 15.7. The molecule has 5 heteroatoms. The standard InChI is InChI=1S/C16H26N4O/c1-10(2)7-12-13(16(12,4)5)15(21)17-8-11(3)14-19-18-9-20(14)6/h7,9,11-13H,8H2,1-6H3,(H,17,21). The molecule has 1 N–H and O–H groups in total. The van der Waals surface area contributed by atoms with Crippen LogP contribution in [0.2, 0.25) is 0 Å². The summed E-state index contributed by atoms with van der Waals surface area (Å²) in [5, 5.41) is 11.0. The lowest BCUT2D eigenvalue weighted by Crippen LogP contribution is -2.31. The van der Waals surface area contributed by atoms with Gasteiger partial charge in [0, 0.05) is 19.5 Å². The molecule has 0 spiro atoms. The number of amides is 1. The third-order valence-electron chi connectivity index (χ3n) is 4.48. The summed E-state index contributed by atoms with van der Waals surface area (Å²) in [6.07, 6.45) is 3.90. The maximum absolute atomic E-state index is 12.4. The minimum Gasteiger partial charge on any atom is -0.355 e. The second kappa shape index (κ2) is 5.62. The molecule has 1 heterocycles. The first-order valence-corrected chi connectivity index (χ1v) is 7.51. The zero-order valence-corrected chi connectivity index (χ0v) is 13.8. The Balaban J connectivity index is 1.91. The van der Waals surface area contributed by atoms with Crippen LogP contribution in [-0.2, 0) is 11.8 Å². The molecule has 1 aliphatic rings. The van der Waals surface area contributed by atoms with E-state index in [1.165, 1.54) is 5.57 Å². The minimum absolute atomic E-state index is 0.0649. The van der Waals surface area contributed by atoms with Crippen LogP contribution in [0.3, 0.4) is 0 Å². The molecule has 0 bridgehead atoms. The third-order valence-corrected chi connectivity index (χ3v) is 4.48. The lowest BCUT2D eigenvalue weighted by atomic mass is 10.1. The number of nitrogens with zero attached hydrogens (tertiary/aromatic N) is 3. The fourth-order valence-electron chi connectivity index (χ4n) is 3.04. The molecule has 0 saturated heterocycles. The summed E-state index contributed by atoms with van der Waals surface area (Å²) in [4.78, 5) is 12.4. The Bertz CT molecular complexity index is 554. The van der Waals surface area contributed by atoms with Crippen molar-refractivity contribution in [1.82, 2.24) is 20.1 Å². The van der Waals surface area contributed by atoms with Crippen molar-refractivity contribution >= 4 is 5.91 Å². The van der Waals surface area contributed by atoms with E-state index in [9.17, 15) is 4.79 Å². The Morgan fingerprint density at radius 3 is 2.71 bits per heavy atom. The van der Waals surface area contributed by atoms with Gasteiger partial charge in [0.2, 0.25) is 5.91 Å². The Hall–Kier alpha value is -1.65. The molecule has 1 saturated carbocycles. The summed E-state index contributed by atoms with van der Waals surface area (Å²) in [6.45, 7) is 11.1. The lowest BCUT2D eigenvalue weighted by molar-refractivity contribution is -0.123. The van der Waals surface area contributed by atoms with Crippen LogP contribution >= 0.6 is 0 Å². The largest absolute Gasteiger partial charge is 0.355 e. The Kier molecular flexibility index (Phi) is 4.21. The zero-order chi connectivity index (χ0) is 15.8. The van der Waals surface area contributed by atoms with Crippen molar-refractivity contribution in [2.75, 3.05) is 6.54 Å². The first-order chi connectivity index (χ1) is 9.75. The maximum atomic E-state index is 12.4. The van der Waals surface area contributed by atoms with Crippen LogP contribution in [0.5, 0.6) is 0 Å². The van der Waals surface area contributed by atoms with Gasteiger partial charge < -0.3 is 9.88 Å². The fraction of sp³-hybridized carbons (Fsp3) is 0.688. The van der Waals surface area contributed by atoms with Gasteiger partial charge in [-0.25, -0.2) is 0 Å². The van der Waals surface area contributed by atoms with Crippen molar-refractivity contribution in [3.8, 4) is 0 Å². The molecule has 5 nitrogen and oxygen atoms in total. The van der Waals surface area contributed by atoms with Gasteiger partial charge >= 0.3 is 0 Å². The number of nitrogens with one attached hydrogen (secondary N) is 1. The van der Waals surface area contributed by atoms with Crippen molar-refractivity contribution < 1.29 is 4.79 Å². The average molecular weight is 290 g/mol. The van der Waals surface area contributed by atoms with E-state index in [0.717, 1.165) is 5.82 Å². The Morgan fingerprint density at radius 2 is 2.19 bits per heavy atom. The van der Waals surface area contributed by atoms with Gasteiger partial charge in [-0.2, -0.15) is 0 Å². The van der Waals surface area contributed by atoms with Crippen LogP contribution in [0, 0.1) is 17.3 Å². The smallest absolute Gasteiger partial charge is 0.224 e. The summed E-state index contributed by atoms with van der Waals surface area (Å²) in [5.74, 6) is 1.64. The maximum Gasteiger partial charge on any atom is 0.224 e. The highest BCUT2D eigenvalue weighted by atomic mass is 16.2. The number of rotatable bonds is 5. The lowest BCUT2D eigenvalue weighted by Gasteiger charge is -2.12. The van der Waals surface area contributed by atoms with Gasteiger partial charge in [-0.3, -0.25) is 4.79 Å². The van der Waals surface area contributed by atoms with Crippen molar-refractivity contribution in [2.45, 2.75) is 40.5 Å². The van der Waals surface area contributed by atoms with Crippen molar-refractivity contribution in [2.24, 2.45) is 24.3 Å². The average Bonchev–Trinajstić information content (AvgIpc) is 2.72. The summed E-state index contributed by atoms with van der Waals surface area (Å²) in [6, 6.07) is 0. The minimum atomic E-state index is 0.0649. The van der Waals surface area contributed by atoms with Gasteiger partial charge in [-0.1, -0.05) is 32.4 Å². The monoisotopic (exact) mass is 290 g/mol. The molecule has 116 valence electrons. The van der Waals surface area contributed by atoms with Gasteiger partial charge in [-0.05, 0) is 25.2 Å². The molecule has 0 aliphatic heterocycles. The number of allylic oxidation sites excluding steroid dienone is 2. The van der Waals surface area contributed by atoms with E-state index in [-0.39, 0.29) is 23.2 Å². The normalized spacial score (nSPS) is 24.3. The van der Waals surface area contributed by atoms with Gasteiger partial charge in [0.05, 0.1) is 5.92 Å². The van der Waals surface area contributed by atoms with Crippen LogP contribution in [0.25, 0.3) is 0 Å². The van der Waals surface area contributed by atoms with Crippen molar-refractivity contribution in [3.05, 3.63) is 23.8 Å². The van der Waals surface area contributed by atoms with E-state index < -0.39 is 0 Å². The van der Waals surface area contributed by atoms with E-state index in [4.69, 9.17) is 0 Å². The molecular formula is C16H26N4O. The molecule has 0 aromatic carbocycles. The highest BCUT2D eigenvalue weighted by molar-refractivity contribution is 5.83. The number of hydrogen-bond acceptors (Lipinski definition) is 3. The molecule has 2 rings (SSSR count). The van der Waals surface area contributed by atoms with Crippen LogP contribution in [0.1, 0.15) is 46.4 Å². The van der Waals surface area contributed by atoms with Crippen LogP contribution in [0.15, 0.2) is 18.0 Å². The van der Waals surface area contributed by atoms with E-state index in [1.54, 1.807) is 6.33 Å². The predicted octanol–water partition coefficient (Wildman–Crippen LogP) is 2.27. The molecule has 1 aromatic heterocycles. The SMILES string of the molecule is CC(C)=CC1C(C(=O)NCC(C)c2nncn2C)C1(C)C. The number of carbonyl (C=O) groups is 1. The molecule has 1 aliphatic carbocycles. The second-order valence-corrected chi connectivity index (χ2v) is 7.02. The first-order valence-electron chi connectivity index (χ1n) is 7.51. The Labute approximate surface area is 126 Å². The number of aryl methyl sites for hydroxylation is 1. The number of aromatic nitrogens is 3. The van der Waals surface area contributed by atoms with Crippen LogP contribution in [0.4, 0.5) is 0 Å². The predicted molar refractivity (Wildman–Crippen MR) is 82.6 cm³/mol. The van der Waals surface area contributed by atoms with E-state index in [2.05, 4.69) is 56.2 Å². The molecule has 21 heavy (non-hydrogen) atoms. The summed E-state index contributed by atoms with van der Waals surface area (Å²) in [5.41, 5.74) is 1.34. The van der Waals surface area contributed by atoms with Crippen LogP contribution in [-0.4, -0.2) is 27.2 Å². The van der Waals surface area contributed by atoms with Gasteiger partial charge in [0.25, 0.3) is 0 Å². The summed E-state index contributed by atoms with van der Waals surface area (Å²) >= 11 is 0. The highest BCUT2D eigenvalue weighted by Crippen LogP contribution is 2.59.